The molecule has 0 aliphatic carbocycles. The van der Waals surface area contributed by atoms with E-state index in [1.807, 2.05) is 24.3 Å². The zero-order chi connectivity index (χ0) is 13.9. The van der Waals surface area contributed by atoms with Gasteiger partial charge in [0.2, 0.25) is 0 Å². The number of aromatic nitrogens is 1. The van der Waals surface area contributed by atoms with Crippen molar-refractivity contribution in [3.63, 3.8) is 0 Å². The Labute approximate surface area is 122 Å². The van der Waals surface area contributed by atoms with Crippen molar-refractivity contribution in [3.8, 4) is 0 Å². The quantitative estimate of drug-likeness (QED) is 0.702. The number of nitrogens with one attached hydrogen (secondary N) is 1. The topological polar surface area (TPSA) is 42.0 Å². The summed E-state index contributed by atoms with van der Waals surface area (Å²) in [5.74, 6) is -0.144. The molecule has 0 saturated heterocycles. The second-order valence-corrected chi connectivity index (χ2v) is 4.92. The minimum atomic E-state index is -0.144. The molecule has 2 aromatic carbocycles. The molecule has 0 aliphatic rings. The number of thiol groups is 1. The van der Waals surface area contributed by atoms with Crippen molar-refractivity contribution in [2.75, 3.05) is 5.32 Å². The highest BCUT2D eigenvalue weighted by molar-refractivity contribution is 7.80. The van der Waals surface area contributed by atoms with Crippen LogP contribution < -0.4 is 5.32 Å². The van der Waals surface area contributed by atoms with Gasteiger partial charge in [-0.1, -0.05) is 12.1 Å². The van der Waals surface area contributed by atoms with Gasteiger partial charge in [-0.15, -0.1) is 12.6 Å². The summed E-state index contributed by atoms with van der Waals surface area (Å²) < 4.78 is 0. The molecule has 0 atom stereocenters. The number of carbonyl (C=O) groups is 1. The highest BCUT2D eigenvalue weighted by Gasteiger charge is 2.08. The van der Waals surface area contributed by atoms with Gasteiger partial charge >= 0.3 is 0 Å². The molecule has 0 aliphatic heterocycles. The Bertz CT molecular complexity index is 764. The van der Waals surface area contributed by atoms with Crippen LogP contribution in [0.5, 0.6) is 0 Å². The smallest absolute Gasteiger partial charge is 0.255 e. The molecule has 0 saturated carbocycles. The lowest BCUT2D eigenvalue weighted by molar-refractivity contribution is 0.102. The molecule has 4 heteroatoms. The van der Waals surface area contributed by atoms with E-state index in [2.05, 4.69) is 22.9 Å². The third-order valence-electron chi connectivity index (χ3n) is 3.06. The Hall–Kier alpha value is -2.33. The first-order chi connectivity index (χ1) is 9.74. The molecule has 1 amide bonds. The Balaban J connectivity index is 1.93. The second kappa shape index (κ2) is 5.35. The van der Waals surface area contributed by atoms with E-state index in [1.165, 1.54) is 0 Å². The van der Waals surface area contributed by atoms with E-state index in [0.29, 0.717) is 5.56 Å². The van der Waals surface area contributed by atoms with Crippen LogP contribution in [-0.2, 0) is 0 Å². The summed E-state index contributed by atoms with van der Waals surface area (Å²) in [6.07, 6.45) is 3.49. The molecule has 98 valence electrons. The molecule has 0 bridgehead atoms. The molecule has 0 fully saturated rings. The van der Waals surface area contributed by atoms with E-state index in [-0.39, 0.29) is 5.91 Å². The van der Waals surface area contributed by atoms with Crippen LogP contribution in [0.2, 0.25) is 0 Å². The average molecular weight is 280 g/mol. The van der Waals surface area contributed by atoms with Gasteiger partial charge in [0.25, 0.3) is 5.91 Å². The van der Waals surface area contributed by atoms with Gasteiger partial charge < -0.3 is 5.32 Å². The molecule has 1 aromatic heterocycles. The maximum absolute atomic E-state index is 12.2. The first-order valence-electron chi connectivity index (χ1n) is 6.17. The number of benzene rings is 2. The normalized spacial score (nSPS) is 10.4. The number of nitrogens with zero attached hydrogens (tertiary/aromatic N) is 1. The van der Waals surface area contributed by atoms with Crippen LogP contribution in [0.4, 0.5) is 5.69 Å². The van der Waals surface area contributed by atoms with Crippen molar-refractivity contribution in [2.45, 2.75) is 4.90 Å². The number of amides is 1. The molecule has 3 nitrogen and oxygen atoms in total. The lowest BCUT2D eigenvalue weighted by Gasteiger charge is -2.08. The number of pyridine rings is 1. The second-order valence-electron chi connectivity index (χ2n) is 4.40. The largest absolute Gasteiger partial charge is 0.321 e. The Kier molecular flexibility index (Phi) is 3.39. The maximum atomic E-state index is 12.2. The standard InChI is InChI=1S/C16H12N2OS/c19-16(12-4-6-13(20)7-5-12)18-15-3-1-2-11-8-9-17-10-14(11)15/h1-10,20H,(H,18,19). The maximum Gasteiger partial charge on any atom is 0.255 e. The number of rotatable bonds is 2. The summed E-state index contributed by atoms with van der Waals surface area (Å²) in [5.41, 5.74) is 1.36. The third kappa shape index (κ3) is 2.51. The fourth-order valence-corrected chi connectivity index (χ4v) is 2.18. The third-order valence-corrected chi connectivity index (χ3v) is 3.36. The van der Waals surface area contributed by atoms with Crippen LogP contribution in [0, 0.1) is 0 Å². The van der Waals surface area contributed by atoms with E-state index < -0.39 is 0 Å². The minimum Gasteiger partial charge on any atom is -0.321 e. The van der Waals surface area contributed by atoms with Crippen LogP contribution in [-0.4, -0.2) is 10.9 Å². The number of carbonyl (C=O) groups excluding carboxylic acids is 1. The number of fused-ring (bicyclic) bond motifs is 1. The van der Waals surface area contributed by atoms with E-state index in [1.54, 1.807) is 36.7 Å². The Morgan fingerprint density at radius 1 is 1.05 bits per heavy atom. The monoisotopic (exact) mass is 280 g/mol. The van der Waals surface area contributed by atoms with Gasteiger partial charge in [0.05, 0.1) is 5.69 Å². The number of anilines is 1. The van der Waals surface area contributed by atoms with Gasteiger partial charge in [-0.3, -0.25) is 9.78 Å². The molecule has 3 rings (SSSR count). The summed E-state index contributed by atoms with van der Waals surface area (Å²) in [6.45, 7) is 0. The first kappa shape index (κ1) is 12.7. The zero-order valence-electron chi connectivity index (χ0n) is 10.6. The lowest BCUT2D eigenvalue weighted by Crippen LogP contribution is -2.11. The van der Waals surface area contributed by atoms with Crippen molar-refractivity contribution in [3.05, 3.63) is 66.5 Å². The van der Waals surface area contributed by atoms with Gasteiger partial charge in [-0.25, -0.2) is 0 Å². The van der Waals surface area contributed by atoms with Crippen LogP contribution >= 0.6 is 12.6 Å². The SMILES string of the molecule is O=C(Nc1cccc2ccncc12)c1ccc(S)cc1. The van der Waals surface area contributed by atoms with Gasteiger partial charge in [0.1, 0.15) is 0 Å². The van der Waals surface area contributed by atoms with E-state index in [9.17, 15) is 4.79 Å². The lowest BCUT2D eigenvalue weighted by atomic mass is 10.1. The van der Waals surface area contributed by atoms with Crippen LogP contribution in [0.25, 0.3) is 10.8 Å². The molecule has 1 N–H and O–H groups in total. The van der Waals surface area contributed by atoms with Crippen LogP contribution in [0.3, 0.4) is 0 Å². The summed E-state index contributed by atoms with van der Waals surface area (Å²) in [7, 11) is 0. The molecular formula is C16H12N2OS. The average Bonchev–Trinajstić information content (AvgIpc) is 2.48. The van der Waals surface area contributed by atoms with Crippen molar-refractivity contribution in [2.24, 2.45) is 0 Å². The van der Waals surface area contributed by atoms with Gasteiger partial charge in [-0.05, 0) is 41.8 Å². The summed E-state index contributed by atoms with van der Waals surface area (Å²) >= 11 is 4.21. The van der Waals surface area contributed by atoms with Crippen molar-refractivity contribution in [1.82, 2.24) is 4.98 Å². The Morgan fingerprint density at radius 3 is 2.65 bits per heavy atom. The zero-order valence-corrected chi connectivity index (χ0v) is 11.5. The molecule has 0 radical (unpaired) electrons. The van der Waals surface area contributed by atoms with E-state index >= 15 is 0 Å². The Morgan fingerprint density at radius 2 is 1.85 bits per heavy atom. The predicted octanol–water partition coefficient (Wildman–Crippen LogP) is 3.78. The number of hydrogen-bond acceptors (Lipinski definition) is 3. The summed E-state index contributed by atoms with van der Waals surface area (Å²) in [5, 5.41) is 4.89. The number of hydrogen-bond donors (Lipinski definition) is 2. The van der Waals surface area contributed by atoms with E-state index in [0.717, 1.165) is 21.4 Å². The molecule has 0 spiro atoms. The fourth-order valence-electron chi connectivity index (χ4n) is 2.03. The van der Waals surface area contributed by atoms with Gasteiger partial charge in [-0.2, -0.15) is 0 Å². The van der Waals surface area contributed by atoms with Crippen LogP contribution in [0.1, 0.15) is 10.4 Å². The highest BCUT2D eigenvalue weighted by atomic mass is 32.1. The van der Waals surface area contributed by atoms with Gasteiger partial charge in [0, 0.05) is 28.2 Å². The molecule has 3 aromatic rings. The highest BCUT2D eigenvalue weighted by Crippen LogP contribution is 2.22. The first-order valence-corrected chi connectivity index (χ1v) is 6.62. The fraction of sp³-hybridized carbons (Fsp3) is 0. The minimum absolute atomic E-state index is 0.144. The molecule has 1 heterocycles. The van der Waals surface area contributed by atoms with E-state index in [4.69, 9.17) is 0 Å². The van der Waals surface area contributed by atoms with Crippen molar-refractivity contribution >= 4 is 35.0 Å². The summed E-state index contributed by atoms with van der Waals surface area (Å²) in [4.78, 5) is 17.1. The molecule has 0 unspecified atom stereocenters. The molecule has 20 heavy (non-hydrogen) atoms. The van der Waals surface area contributed by atoms with Crippen molar-refractivity contribution in [1.29, 1.82) is 0 Å². The molecular weight excluding hydrogens is 268 g/mol. The summed E-state index contributed by atoms with van der Waals surface area (Å²) in [6, 6.07) is 14.8. The van der Waals surface area contributed by atoms with Crippen LogP contribution in [0.15, 0.2) is 65.8 Å². The van der Waals surface area contributed by atoms with Gasteiger partial charge in [0.15, 0.2) is 0 Å². The van der Waals surface area contributed by atoms with Crippen molar-refractivity contribution < 1.29 is 4.79 Å². The predicted molar refractivity (Wildman–Crippen MR) is 83.4 cm³/mol.